The molecule has 0 N–H and O–H groups in total. The largest absolute Gasteiger partial charge is 0.339 e. The molecule has 6 heteroatoms. The van der Waals surface area contributed by atoms with E-state index in [4.69, 9.17) is 0 Å². The van der Waals surface area contributed by atoms with Crippen LogP contribution in [0.5, 0.6) is 0 Å². The number of rotatable bonds is 3. The van der Waals surface area contributed by atoms with Crippen LogP contribution in [0.25, 0.3) is 10.8 Å². The predicted octanol–water partition coefficient (Wildman–Crippen LogP) is 3.18. The summed E-state index contributed by atoms with van der Waals surface area (Å²) in [5, 5.41) is 2.09. The monoisotopic (exact) mass is 427 g/mol. The van der Waals surface area contributed by atoms with Gasteiger partial charge in [0.2, 0.25) is 11.8 Å². The molecule has 32 heavy (non-hydrogen) atoms. The maximum atomic E-state index is 13.2. The number of fused-ring (bicyclic) bond motifs is 1. The molecule has 2 heterocycles. The Hall–Kier alpha value is -3.67. The third-order valence-corrected chi connectivity index (χ3v) is 6.43. The number of hydrogen-bond donors (Lipinski definition) is 0. The van der Waals surface area contributed by atoms with Crippen molar-refractivity contribution in [2.45, 2.75) is 6.42 Å². The van der Waals surface area contributed by atoms with Crippen molar-refractivity contribution in [3.8, 4) is 0 Å². The van der Waals surface area contributed by atoms with Gasteiger partial charge in [0.1, 0.15) is 0 Å². The molecule has 0 saturated carbocycles. The van der Waals surface area contributed by atoms with Crippen molar-refractivity contribution < 1.29 is 14.4 Å². The van der Waals surface area contributed by atoms with E-state index in [-0.39, 0.29) is 30.1 Å². The van der Waals surface area contributed by atoms with Gasteiger partial charge in [-0.05, 0) is 23.6 Å². The lowest BCUT2D eigenvalue weighted by Crippen LogP contribution is -2.52. The lowest BCUT2D eigenvalue weighted by molar-refractivity contribution is -0.137. The topological polar surface area (TPSA) is 60.9 Å². The van der Waals surface area contributed by atoms with Gasteiger partial charge in [-0.3, -0.25) is 14.4 Å². The maximum Gasteiger partial charge on any atom is 0.253 e. The Morgan fingerprint density at radius 1 is 0.750 bits per heavy atom. The van der Waals surface area contributed by atoms with Crippen molar-refractivity contribution in [2.75, 3.05) is 37.6 Å². The van der Waals surface area contributed by atoms with Gasteiger partial charge in [0.15, 0.2) is 0 Å². The van der Waals surface area contributed by atoms with Crippen LogP contribution in [0.3, 0.4) is 0 Å². The summed E-state index contributed by atoms with van der Waals surface area (Å²) >= 11 is 0. The molecular weight excluding hydrogens is 402 g/mol. The summed E-state index contributed by atoms with van der Waals surface area (Å²) in [6.07, 6.45) is 0.227. The zero-order valence-electron chi connectivity index (χ0n) is 17.8. The quantitative estimate of drug-likeness (QED) is 0.645. The Bertz CT molecular complexity index is 1160. The molecule has 162 valence electrons. The van der Waals surface area contributed by atoms with Crippen molar-refractivity contribution in [1.82, 2.24) is 9.80 Å². The molecule has 0 aromatic heterocycles. The molecular formula is C26H25N3O3. The zero-order valence-corrected chi connectivity index (χ0v) is 17.8. The summed E-state index contributed by atoms with van der Waals surface area (Å²) < 4.78 is 0. The van der Waals surface area contributed by atoms with E-state index in [0.717, 1.165) is 16.5 Å². The average molecular weight is 428 g/mol. The number of benzene rings is 3. The third kappa shape index (κ3) is 3.73. The van der Waals surface area contributed by atoms with Crippen LogP contribution in [0.1, 0.15) is 16.8 Å². The summed E-state index contributed by atoms with van der Waals surface area (Å²) in [6.45, 7) is 2.40. The number of anilines is 1. The van der Waals surface area contributed by atoms with E-state index in [0.29, 0.717) is 38.3 Å². The number of carbonyl (C=O) groups excluding carboxylic acids is 3. The lowest BCUT2D eigenvalue weighted by Gasteiger charge is -2.36. The maximum absolute atomic E-state index is 13.2. The number of amides is 3. The Morgan fingerprint density at radius 3 is 2.19 bits per heavy atom. The highest BCUT2D eigenvalue weighted by molar-refractivity contribution is 6.07. The van der Waals surface area contributed by atoms with E-state index in [1.54, 1.807) is 14.7 Å². The Labute approximate surface area is 187 Å². The summed E-state index contributed by atoms with van der Waals surface area (Å²) in [5.74, 6) is -0.362. The lowest BCUT2D eigenvalue weighted by atomic mass is 10.1. The molecule has 3 aromatic carbocycles. The zero-order chi connectivity index (χ0) is 22.1. The standard InChI is InChI=1S/C26H25N3O3/c30-24-17-21(18-29(24)23-12-6-10-19-7-4-5-11-22(19)23)26(32)28-15-13-27(14-16-28)25(31)20-8-2-1-3-9-20/h1-12,21H,13-18H2/t21-/m1/s1. The Balaban J connectivity index is 1.24. The van der Waals surface area contributed by atoms with Crippen molar-refractivity contribution in [2.24, 2.45) is 5.92 Å². The van der Waals surface area contributed by atoms with Crippen LogP contribution < -0.4 is 4.90 Å². The molecule has 5 rings (SSSR count). The molecule has 2 aliphatic heterocycles. The van der Waals surface area contributed by atoms with Gasteiger partial charge in [-0.2, -0.15) is 0 Å². The Kier molecular flexibility index (Phi) is 5.35. The smallest absolute Gasteiger partial charge is 0.253 e. The van der Waals surface area contributed by atoms with Gasteiger partial charge >= 0.3 is 0 Å². The highest BCUT2D eigenvalue weighted by Crippen LogP contribution is 2.32. The predicted molar refractivity (Wildman–Crippen MR) is 123 cm³/mol. The van der Waals surface area contributed by atoms with Crippen LogP contribution in [0.15, 0.2) is 72.8 Å². The molecule has 1 atom stereocenters. The van der Waals surface area contributed by atoms with E-state index < -0.39 is 0 Å². The molecule has 0 spiro atoms. The van der Waals surface area contributed by atoms with Gasteiger partial charge in [-0.25, -0.2) is 0 Å². The van der Waals surface area contributed by atoms with Crippen molar-refractivity contribution in [3.05, 3.63) is 78.4 Å². The molecule has 0 bridgehead atoms. The van der Waals surface area contributed by atoms with Gasteiger partial charge in [-0.1, -0.05) is 54.6 Å². The molecule has 0 aliphatic carbocycles. The number of piperazine rings is 1. The van der Waals surface area contributed by atoms with Gasteiger partial charge in [-0.15, -0.1) is 0 Å². The molecule has 6 nitrogen and oxygen atoms in total. The molecule has 2 aliphatic rings. The Morgan fingerprint density at radius 2 is 1.41 bits per heavy atom. The molecule has 3 aromatic rings. The van der Waals surface area contributed by atoms with Crippen LogP contribution in [-0.4, -0.2) is 60.2 Å². The highest BCUT2D eigenvalue weighted by Gasteiger charge is 2.38. The molecule has 0 unspecified atom stereocenters. The van der Waals surface area contributed by atoms with Gasteiger partial charge in [0.05, 0.1) is 11.6 Å². The highest BCUT2D eigenvalue weighted by atomic mass is 16.2. The first-order chi connectivity index (χ1) is 15.6. The summed E-state index contributed by atoms with van der Waals surface area (Å²) in [4.78, 5) is 44.0. The fourth-order valence-electron chi connectivity index (χ4n) is 4.70. The minimum Gasteiger partial charge on any atom is -0.339 e. The van der Waals surface area contributed by atoms with Crippen molar-refractivity contribution >= 4 is 34.2 Å². The van der Waals surface area contributed by atoms with E-state index in [2.05, 4.69) is 0 Å². The number of hydrogen-bond acceptors (Lipinski definition) is 3. The van der Waals surface area contributed by atoms with Crippen LogP contribution in [-0.2, 0) is 9.59 Å². The van der Waals surface area contributed by atoms with Crippen LogP contribution in [0.4, 0.5) is 5.69 Å². The van der Waals surface area contributed by atoms with Crippen LogP contribution in [0, 0.1) is 5.92 Å². The minimum atomic E-state index is -0.349. The van der Waals surface area contributed by atoms with E-state index in [9.17, 15) is 14.4 Å². The first kappa shape index (κ1) is 20.2. The number of carbonyl (C=O) groups is 3. The minimum absolute atomic E-state index is 0.00382. The first-order valence-corrected chi connectivity index (χ1v) is 11.0. The van der Waals surface area contributed by atoms with Crippen molar-refractivity contribution in [1.29, 1.82) is 0 Å². The van der Waals surface area contributed by atoms with Crippen LogP contribution in [0.2, 0.25) is 0 Å². The second-order valence-electron chi connectivity index (χ2n) is 8.39. The second kappa shape index (κ2) is 8.46. The molecule has 3 amide bonds. The molecule has 0 radical (unpaired) electrons. The normalized spacial score (nSPS) is 18.9. The fraction of sp³-hybridized carbons (Fsp3) is 0.269. The summed E-state index contributed by atoms with van der Waals surface area (Å²) in [5.41, 5.74) is 1.53. The van der Waals surface area contributed by atoms with E-state index >= 15 is 0 Å². The molecule has 2 fully saturated rings. The third-order valence-electron chi connectivity index (χ3n) is 6.43. The van der Waals surface area contributed by atoms with E-state index in [1.165, 1.54) is 0 Å². The van der Waals surface area contributed by atoms with Crippen molar-refractivity contribution in [3.63, 3.8) is 0 Å². The average Bonchev–Trinajstić information content (AvgIpc) is 3.24. The van der Waals surface area contributed by atoms with Gasteiger partial charge in [0, 0.05) is 50.1 Å². The summed E-state index contributed by atoms with van der Waals surface area (Å²) in [6, 6.07) is 23.1. The van der Waals surface area contributed by atoms with E-state index in [1.807, 2.05) is 72.8 Å². The van der Waals surface area contributed by atoms with Gasteiger partial charge in [0.25, 0.3) is 5.91 Å². The van der Waals surface area contributed by atoms with Gasteiger partial charge < -0.3 is 14.7 Å². The second-order valence-corrected chi connectivity index (χ2v) is 8.39. The fourth-order valence-corrected chi connectivity index (χ4v) is 4.70. The first-order valence-electron chi connectivity index (χ1n) is 11.0. The van der Waals surface area contributed by atoms with Crippen LogP contribution >= 0.6 is 0 Å². The number of nitrogens with zero attached hydrogens (tertiary/aromatic N) is 3. The molecule has 2 saturated heterocycles. The summed E-state index contributed by atoms with van der Waals surface area (Å²) in [7, 11) is 0. The SMILES string of the molecule is O=C(c1ccccc1)N1CCN(C(=O)[C@@H]2CC(=O)N(c3cccc4ccccc34)C2)CC1.